The second kappa shape index (κ2) is 16.8. The zero-order chi connectivity index (χ0) is 33.1. The summed E-state index contributed by atoms with van der Waals surface area (Å²) < 4.78 is 55.8. The maximum Gasteiger partial charge on any atom is 0.265 e. The summed E-state index contributed by atoms with van der Waals surface area (Å²) in [5, 5.41) is 0. The Morgan fingerprint density at radius 3 is 1.89 bits per heavy atom. The van der Waals surface area contributed by atoms with E-state index in [4.69, 9.17) is 18.9 Å². The summed E-state index contributed by atoms with van der Waals surface area (Å²) in [6.07, 6.45) is 6.38. The van der Waals surface area contributed by atoms with Crippen molar-refractivity contribution in [2.75, 3.05) is 55.7 Å². The minimum atomic E-state index is -4.08. The molecule has 1 fully saturated rings. The molecule has 1 heterocycles. The lowest BCUT2D eigenvalue weighted by Gasteiger charge is -2.33. The zero-order valence-electron chi connectivity index (χ0n) is 29.1. The normalized spacial score (nSPS) is 14.4. The molecule has 2 aromatic carbocycles. The van der Waals surface area contributed by atoms with Crippen molar-refractivity contribution in [2.45, 2.75) is 111 Å². The van der Waals surface area contributed by atoms with Gasteiger partial charge in [0.2, 0.25) is 0 Å². The van der Waals surface area contributed by atoms with E-state index < -0.39 is 10.0 Å². The summed E-state index contributed by atoms with van der Waals surface area (Å²) in [5.41, 5.74) is 2.01. The topological polar surface area (TPSA) is 86.3 Å². The molecule has 254 valence electrons. The fraction of sp³-hybridized carbons (Fsp3) is 0.667. The Hall–Kier alpha value is -2.65. The molecule has 1 saturated heterocycles. The maximum atomic E-state index is 14.3. The molecule has 0 saturated carbocycles. The number of unbranched alkanes of at least 4 members (excludes halogenated alkanes) is 3. The molecule has 0 bridgehead atoms. The molecular formula is C36H58N2O6S. The minimum Gasteiger partial charge on any atom is -0.492 e. The van der Waals surface area contributed by atoms with Crippen LogP contribution in [0, 0.1) is 5.41 Å². The Labute approximate surface area is 273 Å². The van der Waals surface area contributed by atoms with E-state index in [2.05, 4.69) is 65.0 Å². The van der Waals surface area contributed by atoms with Crippen LogP contribution >= 0.6 is 0 Å². The summed E-state index contributed by atoms with van der Waals surface area (Å²) in [4.78, 5) is 2.35. The Morgan fingerprint density at radius 1 is 0.778 bits per heavy atom. The number of morpholine rings is 1. The number of anilines is 2. The number of nitrogens with zero attached hydrogens (tertiary/aromatic N) is 1. The highest BCUT2D eigenvalue weighted by molar-refractivity contribution is 7.92. The van der Waals surface area contributed by atoms with Gasteiger partial charge in [-0.25, -0.2) is 8.42 Å². The molecule has 0 atom stereocenters. The van der Waals surface area contributed by atoms with Gasteiger partial charge in [-0.1, -0.05) is 80.7 Å². The standard InChI is InChI=1S/C36H58N2O6S/c1-9-12-19-42-31-16-15-28(36(7,8)27-35(4,5)6)24-34(31)45(39,40)37-29-25-33(44-21-14-11-3)30(38-17-22-41-23-18-38)26-32(29)43-20-13-10-2/h15-16,24-26,37H,9-14,17-23,27H2,1-8H3. The Balaban J connectivity index is 2.11. The monoisotopic (exact) mass is 646 g/mol. The van der Waals surface area contributed by atoms with Gasteiger partial charge in [0, 0.05) is 25.2 Å². The molecule has 0 aromatic heterocycles. The van der Waals surface area contributed by atoms with Crippen LogP contribution in [0.1, 0.15) is 106 Å². The first kappa shape index (κ1) is 36.8. The van der Waals surface area contributed by atoms with Crippen LogP contribution < -0.4 is 23.8 Å². The minimum absolute atomic E-state index is 0.0677. The smallest absolute Gasteiger partial charge is 0.265 e. The van der Waals surface area contributed by atoms with E-state index in [1.165, 1.54) is 0 Å². The molecule has 0 aliphatic carbocycles. The number of ether oxygens (including phenoxy) is 4. The molecule has 0 amide bonds. The van der Waals surface area contributed by atoms with Crippen molar-refractivity contribution in [3.63, 3.8) is 0 Å². The molecule has 0 unspecified atom stereocenters. The van der Waals surface area contributed by atoms with Gasteiger partial charge in [-0.15, -0.1) is 0 Å². The Morgan fingerprint density at radius 2 is 1.33 bits per heavy atom. The fourth-order valence-electron chi connectivity index (χ4n) is 5.78. The largest absolute Gasteiger partial charge is 0.492 e. The second-order valence-corrected chi connectivity index (χ2v) is 15.6. The highest BCUT2D eigenvalue weighted by Gasteiger charge is 2.31. The molecule has 0 radical (unpaired) electrons. The number of sulfonamides is 1. The summed E-state index contributed by atoms with van der Waals surface area (Å²) in [6.45, 7) is 21.4. The SMILES string of the molecule is CCCCOc1cc(N2CCOCC2)c(OCCCC)cc1NS(=O)(=O)c1cc(C(C)(C)CC(C)(C)C)ccc1OCCCC. The number of benzene rings is 2. The van der Waals surface area contributed by atoms with Gasteiger partial charge in [0.05, 0.1) is 44.4 Å². The van der Waals surface area contributed by atoms with Crippen molar-refractivity contribution in [3.8, 4) is 17.2 Å². The predicted octanol–water partition coefficient (Wildman–Crippen LogP) is 8.57. The summed E-state index contributed by atoms with van der Waals surface area (Å²) in [5.74, 6) is 1.46. The van der Waals surface area contributed by atoms with Gasteiger partial charge in [-0.05, 0) is 54.2 Å². The van der Waals surface area contributed by atoms with Crippen LogP contribution in [-0.4, -0.2) is 54.5 Å². The van der Waals surface area contributed by atoms with Gasteiger partial charge >= 0.3 is 0 Å². The first-order chi connectivity index (χ1) is 21.3. The molecule has 8 nitrogen and oxygen atoms in total. The van der Waals surface area contributed by atoms with Crippen molar-refractivity contribution >= 4 is 21.4 Å². The predicted molar refractivity (Wildman–Crippen MR) is 185 cm³/mol. The summed E-state index contributed by atoms with van der Waals surface area (Å²) in [7, 11) is -4.08. The first-order valence-electron chi connectivity index (χ1n) is 16.9. The third kappa shape index (κ3) is 11.0. The number of nitrogens with one attached hydrogen (secondary N) is 1. The van der Waals surface area contributed by atoms with E-state index in [1.807, 2.05) is 18.2 Å². The average molecular weight is 647 g/mol. The summed E-state index contributed by atoms with van der Waals surface area (Å²) in [6, 6.07) is 9.30. The van der Waals surface area contributed by atoms with Crippen LogP contribution in [0.3, 0.4) is 0 Å². The van der Waals surface area contributed by atoms with Gasteiger partial charge in [-0.2, -0.15) is 0 Å². The van der Waals surface area contributed by atoms with E-state index in [0.717, 1.165) is 69.3 Å². The van der Waals surface area contributed by atoms with Crippen molar-refractivity contribution in [1.29, 1.82) is 0 Å². The third-order valence-corrected chi connectivity index (χ3v) is 9.30. The van der Waals surface area contributed by atoms with Crippen LogP contribution in [0.2, 0.25) is 0 Å². The molecule has 1 N–H and O–H groups in total. The van der Waals surface area contributed by atoms with E-state index in [9.17, 15) is 8.42 Å². The lowest BCUT2D eigenvalue weighted by Crippen LogP contribution is -2.36. The zero-order valence-corrected chi connectivity index (χ0v) is 29.9. The van der Waals surface area contributed by atoms with Gasteiger partial charge in [0.25, 0.3) is 10.0 Å². The molecule has 1 aliphatic rings. The van der Waals surface area contributed by atoms with Gasteiger partial charge in [0.1, 0.15) is 22.1 Å². The lowest BCUT2D eigenvalue weighted by molar-refractivity contribution is 0.122. The number of hydrogen-bond donors (Lipinski definition) is 1. The lowest BCUT2D eigenvalue weighted by atomic mass is 9.72. The van der Waals surface area contributed by atoms with E-state index in [-0.39, 0.29) is 15.7 Å². The highest BCUT2D eigenvalue weighted by atomic mass is 32.2. The van der Waals surface area contributed by atoms with Crippen LogP contribution in [0.15, 0.2) is 35.2 Å². The van der Waals surface area contributed by atoms with Crippen LogP contribution in [0.25, 0.3) is 0 Å². The highest BCUT2D eigenvalue weighted by Crippen LogP contribution is 2.42. The number of rotatable bonds is 18. The van der Waals surface area contributed by atoms with E-state index >= 15 is 0 Å². The fourth-order valence-corrected chi connectivity index (χ4v) is 7.01. The molecule has 0 spiro atoms. The van der Waals surface area contributed by atoms with Crippen molar-refractivity contribution < 1.29 is 27.4 Å². The van der Waals surface area contributed by atoms with Gasteiger partial charge in [0.15, 0.2) is 0 Å². The number of hydrogen-bond acceptors (Lipinski definition) is 7. The van der Waals surface area contributed by atoms with Crippen LogP contribution in [-0.2, 0) is 20.2 Å². The molecular weight excluding hydrogens is 588 g/mol. The van der Waals surface area contributed by atoms with E-state index in [1.54, 1.807) is 12.1 Å². The van der Waals surface area contributed by atoms with Crippen molar-refractivity contribution in [2.24, 2.45) is 5.41 Å². The second-order valence-electron chi connectivity index (χ2n) is 13.9. The average Bonchev–Trinajstić information content (AvgIpc) is 2.97. The van der Waals surface area contributed by atoms with Gasteiger partial charge in [-0.3, -0.25) is 4.72 Å². The Bertz CT molecular complexity index is 1310. The quantitative estimate of drug-likeness (QED) is 0.162. The van der Waals surface area contributed by atoms with Crippen molar-refractivity contribution in [3.05, 3.63) is 35.9 Å². The molecule has 3 rings (SSSR count). The Kier molecular flexibility index (Phi) is 13.7. The maximum absolute atomic E-state index is 14.3. The van der Waals surface area contributed by atoms with Crippen LogP contribution in [0.5, 0.6) is 17.2 Å². The van der Waals surface area contributed by atoms with Crippen molar-refractivity contribution in [1.82, 2.24) is 0 Å². The molecule has 1 aliphatic heterocycles. The van der Waals surface area contributed by atoms with Crippen LogP contribution in [0.4, 0.5) is 11.4 Å². The molecule has 2 aromatic rings. The first-order valence-corrected chi connectivity index (χ1v) is 18.4. The van der Waals surface area contributed by atoms with E-state index in [0.29, 0.717) is 56.0 Å². The molecule has 9 heteroatoms. The van der Waals surface area contributed by atoms with Gasteiger partial charge < -0.3 is 23.8 Å². The third-order valence-electron chi connectivity index (χ3n) is 7.91. The molecule has 45 heavy (non-hydrogen) atoms. The summed E-state index contributed by atoms with van der Waals surface area (Å²) >= 11 is 0.